The summed E-state index contributed by atoms with van der Waals surface area (Å²) in [6.45, 7) is 2.15. The van der Waals surface area contributed by atoms with Crippen LogP contribution in [0.1, 0.15) is 69.8 Å². The summed E-state index contributed by atoms with van der Waals surface area (Å²) in [5, 5.41) is 0. The zero-order chi connectivity index (χ0) is 17.5. The molecule has 0 heterocycles. The Kier molecular flexibility index (Phi) is 6.78. The van der Waals surface area contributed by atoms with E-state index in [1.165, 1.54) is 56.9 Å². The van der Waals surface area contributed by atoms with Crippen molar-refractivity contribution >= 4 is 0 Å². The van der Waals surface area contributed by atoms with Crippen LogP contribution in [0.15, 0.2) is 48.6 Å². The average Bonchev–Trinajstić information content (AvgIpc) is 2.68. The Morgan fingerprint density at radius 3 is 1.68 bits per heavy atom. The molecule has 0 unspecified atom stereocenters. The molecular formula is C24H34O. The number of rotatable bonds is 5. The summed E-state index contributed by atoms with van der Waals surface area (Å²) in [5.41, 5.74) is 1.49. The van der Waals surface area contributed by atoms with Gasteiger partial charge in [-0.05, 0) is 99.7 Å². The van der Waals surface area contributed by atoms with Gasteiger partial charge in [0.05, 0.1) is 7.11 Å². The van der Waals surface area contributed by atoms with Crippen LogP contribution in [0.4, 0.5) is 0 Å². The van der Waals surface area contributed by atoms with Crippen molar-refractivity contribution in [3.05, 3.63) is 54.1 Å². The lowest BCUT2D eigenvalue weighted by Gasteiger charge is -2.28. The van der Waals surface area contributed by atoms with Crippen LogP contribution in [0, 0.1) is 17.8 Å². The van der Waals surface area contributed by atoms with Crippen LogP contribution in [-0.2, 0) is 0 Å². The van der Waals surface area contributed by atoms with Crippen molar-refractivity contribution in [1.82, 2.24) is 0 Å². The molecule has 0 aliphatic heterocycles. The summed E-state index contributed by atoms with van der Waals surface area (Å²) in [4.78, 5) is 0. The van der Waals surface area contributed by atoms with Crippen LogP contribution in [-0.4, -0.2) is 7.11 Å². The Morgan fingerprint density at radius 1 is 0.720 bits per heavy atom. The molecule has 0 amide bonds. The molecule has 0 radical (unpaired) electrons. The van der Waals surface area contributed by atoms with Crippen LogP contribution >= 0.6 is 0 Å². The first-order chi connectivity index (χ1) is 12.3. The van der Waals surface area contributed by atoms with E-state index in [1.807, 2.05) is 0 Å². The zero-order valence-electron chi connectivity index (χ0n) is 16.0. The van der Waals surface area contributed by atoms with Gasteiger partial charge >= 0.3 is 0 Å². The van der Waals surface area contributed by atoms with Gasteiger partial charge in [0.25, 0.3) is 0 Å². The Morgan fingerprint density at radius 2 is 1.20 bits per heavy atom. The highest BCUT2D eigenvalue weighted by atomic mass is 16.5. The molecule has 0 spiro atoms. The first-order valence-electron chi connectivity index (χ1n) is 10.2. The Hall–Kier alpha value is -1.50. The van der Waals surface area contributed by atoms with Gasteiger partial charge in [0.15, 0.2) is 0 Å². The lowest BCUT2D eigenvalue weighted by molar-refractivity contribution is 0.348. The second-order valence-electron chi connectivity index (χ2n) is 7.97. The molecule has 1 heteroatoms. The van der Waals surface area contributed by atoms with Gasteiger partial charge in [-0.3, -0.25) is 0 Å². The number of hydrogen-bond donors (Lipinski definition) is 0. The molecule has 0 N–H and O–H groups in total. The highest BCUT2D eigenvalue weighted by Gasteiger charge is 2.22. The van der Waals surface area contributed by atoms with Gasteiger partial charge in [-0.1, -0.05) is 36.4 Å². The molecule has 0 bridgehead atoms. The van der Waals surface area contributed by atoms with E-state index in [0.29, 0.717) is 0 Å². The fourth-order valence-corrected chi connectivity index (χ4v) is 4.64. The second kappa shape index (κ2) is 9.27. The molecule has 1 nitrogen and oxygen atoms in total. The number of methoxy groups -OCH3 is 1. The summed E-state index contributed by atoms with van der Waals surface area (Å²) >= 11 is 0. The predicted octanol–water partition coefficient (Wildman–Crippen LogP) is 6.91. The topological polar surface area (TPSA) is 9.23 Å². The van der Waals surface area contributed by atoms with Crippen LogP contribution in [0.2, 0.25) is 0 Å². The van der Waals surface area contributed by atoms with Crippen molar-refractivity contribution < 1.29 is 4.74 Å². The second-order valence-corrected chi connectivity index (χ2v) is 7.97. The number of allylic oxidation sites excluding steroid dienone is 4. The molecule has 25 heavy (non-hydrogen) atoms. The van der Waals surface area contributed by atoms with Gasteiger partial charge < -0.3 is 4.74 Å². The van der Waals surface area contributed by atoms with E-state index in [-0.39, 0.29) is 0 Å². The van der Waals surface area contributed by atoms with Crippen LogP contribution < -0.4 is 4.74 Å². The molecular weight excluding hydrogens is 304 g/mol. The maximum absolute atomic E-state index is 5.27. The van der Waals surface area contributed by atoms with E-state index in [2.05, 4.69) is 55.5 Å². The molecule has 2 aliphatic rings. The van der Waals surface area contributed by atoms with E-state index < -0.39 is 0 Å². The summed E-state index contributed by atoms with van der Waals surface area (Å²) in [5.74, 6) is 4.19. The Labute approximate surface area is 154 Å². The average molecular weight is 339 g/mol. The van der Waals surface area contributed by atoms with Crippen molar-refractivity contribution in [2.45, 2.75) is 64.2 Å². The predicted molar refractivity (Wildman–Crippen MR) is 107 cm³/mol. The molecule has 2 aliphatic carbocycles. The molecule has 0 aromatic heterocycles. The first-order valence-corrected chi connectivity index (χ1v) is 10.2. The van der Waals surface area contributed by atoms with Gasteiger partial charge in [0.2, 0.25) is 0 Å². The monoisotopic (exact) mass is 338 g/mol. The first kappa shape index (κ1) is 18.3. The maximum Gasteiger partial charge on any atom is 0.118 e. The van der Waals surface area contributed by atoms with E-state index in [9.17, 15) is 0 Å². The highest BCUT2D eigenvalue weighted by Crippen LogP contribution is 2.37. The van der Waals surface area contributed by atoms with Crippen molar-refractivity contribution in [3.63, 3.8) is 0 Å². The minimum absolute atomic E-state index is 0.742. The summed E-state index contributed by atoms with van der Waals surface area (Å²) in [7, 11) is 1.74. The molecule has 0 atom stereocenters. The molecule has 136 valence electrons. The smallest absolute Gasteiger partial charge is 0.118 e. The van der Waals surface area contributed by atoms with Crippen molar-refractivity contribution in [3.8, 4) is 5.75 Å². The van der Waals surface area contributed by atoms with Crippen molar-refractivity contribution in [2.24, 2.45) is 17.8 Å². The van der Waals surface area contributed by atoms with E-state index in [4.69, 9.17) is 4.74 Å². The highest BCUT2D eigenvalue weighted by molar-refractivity contribution is 5.29. The Bertz CT molecular complexity index is 552. The van der Waals surface area contributed by atoms with E-state index >= 15 is 0 Å². The SMILES string of the molecule is C/C=C/C1CCC(/C=C/C2CCC(c3ccc(OC)cc3)CC2)CC1. The summed E-state index contributed by atoms with van der Waals surface area (Å²) in [6, 6.07) is 8.71. The number of ether oxygens (including phenoxy) is 1. The van der Waals surface area contributed by atoms with E-state index in [0.717, 1.165) is 29.4 Å². The minimum Gasteiger partial charge on any atom is -0.497 e. The van der Waals surface area contributed by atoms with Crippen molar-refractivity contribution in [1.29, 1.82) is 0 Å². The molecule has 3 rings (SSSR count). The summed E-state index contributed by atoms with van der Waals surface area (Å²) < 4.78 is 5.27. The molecule has 2 saturated carbocycles. The summed E-state index contributed by atoms with van der Waals surface area (Å²) in [6.07, 6.45) is 20.6. The minimum atomic E-state index is 0.742. The molecule has 1 aromatic rings. The van der Waals surface area contributed by atoms with Crippen LogP contribution in [0.3, 0.4) is 0 Å². The fraction of sp³-hybridized carbons (Fsp3) is 0.583. The van der Waals surface area contributed by atoms with E-state index in [1.54, 1.807) is 7.11 Å². The van der Waals surface area contributed by atoms with Crippen LogP contribution in [0.5, 0.6) is 5.75 Å². The fourth-order valence-electron chi connectivity index (χ4n) is 4.64. The largest absolute Gasteiger partial charge is 0.497 e. The zero-order valence-corrected chi connectivity index (χ0v) is 16.0. The van der Waals surface area contributed by atoms with Gasteiger partial charge in [-0.25, -0.2) is 0 Å². The lowest BCUT2D eigenvalue weighted by atomic mass is 9.77. The number of hydrogen-bond acceptors (Lipinski definition) is 1. The molecule has 2 fully saturated rings. The Balaban J connectivity index is 1.43. The molecule has 0 saturated heterocycles. The number of benzene rings is 1. The van der Waals surface area contributed by atoms with Crippen LogP contribution in [0.25, 0.3) is 0 Å². The van der Waals surface area contributed by atoms with Gasteiger partial charge in [0, 0.05) is 0 Å². The maximum atomic E-state index is 5.27. The lowest BCUT2D eigenvalue weighted by Crippen LogP contribution is -2.13. The third-order valence-corrected chi connectivity index (χ3v) is 6.30. The third-order valence-electron chi connectivity index (χ3n) is 6.30. The third kappa shape index (κ3) is 5.23. The van der Waals surface area contributed by atoms with Crippen molar-refractivity contribution in [2.75, 3.05) is 7.11 Å². The quantitative estimate of drug-likeness (QED) is 0.530. The molecule has 1 aromatic carbocycles. The van der Waals surface area contributed by atoms with Gasteiger partial charge in [-0.2, -0.15) is 0 Å². The standard InChI is InChI=1S/C24H34O/c1-3-4-19-5-7-20(8-6-19)9-10-21-11-13-22(14-12-21)23-15-17-24(25-2)18-16-23/h3-4,9-10,15-22H,5-8,11-14H2,1-2H3/b4-3+,10-9+. The van der Waals surface area contributed by atoms with Gasteiger partial charge in [0.1, 0.15) is 5.75 Å². The normalized spacial score (nSPS) is 30.8. The van der Waals surface area contributed by atoms with Gasteiger partial charge in [-0.15, -0.1) is 0 Å².